The van der Waals surface area contributed by atoms with Crippen LogP contribution in [-0.2, 0) is 0 Å². The van der Waals surface area contributed by atoms with Crippen molar-refractivity contribution < 1.29 is 9.90 Å². The van der Waals surface area contributed by atoms with Gasteiger partial charge in [-0.1, -0.05) is 0 Å². The molecule has 1 amide bonds. The number of hydrogen-bond donors (Lipinski definition) is 2. The minimum absolute atomic E-state index is 0.0544. The second-order valence-electron chi connectivity index (χ2n) is 5.08. The largest absolute Gasteiger partial charge is 0.508 e. The minimum Gasteiger partial charge on any atom is -0.508 e. The van der Waals surface area contributed by atoms with Crippen LogP contribution >= 0.6 is 11.8 Å². The van der Waals surface area contributed by atoms with Crippen LogP contribution in [0.15, 0.2) is 18.2 Å². The van der Waals surface area contributed by atoms with Gasteiger partial charge in [-0.05, 0) is 56.2 Å². The summed E-state index contributed by atoms with van der Waals surface area (Å²) in [6.45, 7) is 4.74. The van der Waals surface area contributed by atoms with Gasteiger partial charge in [0.2, 0.25) is 0 Å². The number of benzene rings is 1. The van der Waals surface area contributed by atoms with Gasteiger partial charge in [0, 0.05) is 16.9 Å². The Kier molecular flexibility index (Phi) is 3.85. The van der Waals surface area contributed by atoms with E-state index in [1.54, 1.807) is 18.2 Å². The van der Waals surface area contributed by atoms with Crippen molar-refractivity contribution >= 4 is 17.7 Å². The molecule has 1 aliphatic rings. The second kappa shape index (κ2) is 5.22. The highest BCUT2D eigenvalue weighted by atomic mass is 32.2. The zero-order chi connectivity index (χ0) is 13.2. The standard InChI is InChI=1S/C14H19NO2S/c1-10-8-11(16)4-5-12(10)13(17)15-9-14(2)6-3-7-18-14/h4-5,8,16H,3,6-7,9H2,1-2H3,(H,15,17). The second-order valence-corrected chi connectivity index (χ2v) is 6.77. The summed E-state index contributed by atoms with van der Waals surface area (Å²) >= 11 is 1.93. The normalized spacial score (nSPS) is 23.0. The summed E-state index contributed by atoms with van der Waals surface area (Å²) in [6.07, 6.45) is 2.39. The van der Waals surface area contributed by atoms with Crippen LogP contribution in [0.1, 0.15) is 35.7 Å². The predicted octanol–water partition coefficient (Wildman–Crippen LogP) is 2.72. The maximum Gasteiger partial charge on any atom is 0.251 e. The molecule has 1 fully saturated rings. The molecule has 0 aliphatic carbocycles. The summed E-state index contributed by atoms with van der Waals surface area (Å²) < 4.78 is 0.181. The average Bonchev–Trinajstić information content (AvgIpc) is 2.74. The van der Waals surface area contributed by atoms with E-state index in [9.17, 15) is 9.90 Å². The first-order valence-corrected chi connectivity index (χ1v) is 7.20. The topological polar surface area (TPSA) is 49.3 Å². The van der Waals surface area contributed by atoms with Crippen LogP contribution < -0.4 is 5.32 Å². The third kappa shape index (κ3) is 2.99. The fraction of sp³-hybridized carbons (Fsp3) is 0.500. The third-order valence-electron chi connectivity index (χ3n) is 3.38. The molecule has 2 N–H and O–H groups in total. The van der Waals surface area contributed by atoms with Crippen LogP contribution in [0.3, 0.4) is 0 Å². The molecular formula is C14H19NO2S. The van der Waals surface area contributed by atoms with Crippen LogP contribution in [0, 0.1) is 6.92 Å². The molecule has 0 aromatic heterocycles. The highest BCUT2D eigenvalue weighted by molar-refractivity contribution is 8.00. The van der Waals surface area contributed by atoms with Gasteiger partial charge in [0.1, 0.15) is 5.75 Å². The Bertz CT molecular complexity index is 453. The fourth-order valence-electron chi connectivity index (χ4n) is 2.24. The Labute approximate surface area is 112 Å². The molecule has 2 rings (SSSR count). The van der Waals surface area contributed by atoms with E-state index in [1.807, 2.05) is 18.7 Å². The summed E-state index contributed by atoms with van der Waals surface area (Å²) in [5.74, 6) is 1.33. The maximum absolute atomic E-state index is 12.1. The highest BCUT2D eigenvalue weighted by Gasteiger charge is 2.29. The van der Waals surface area contributed by atoms with E-state index in [0.29, 0.717) is 12.1 Å². The van der Waals surface area contributed by atoms with Crippen LogP contribution in [-0.4, -0.2) is 28.1 Å². The van der Waals surface area contributed by atoms with Crippen molar-refractivity contribution in [2.45, 2.75) is 31.4 Å². The average molecular weight is 265 g/mol. The maximum atomic E-state index is 12.1. The minimum atomic E-state index is -0.0544. The van der Waals surface area contributed by atoms with Gasteiger partial charge in [0.05, 0.1) is 0 Å². The van der Waals surface area contributed by atoms with Gasteiger partial charge in [0.15, 0.2) is 0 Å². The number of thioether (sulfide) groups is 1. The molecule has 0 radical (unpaired) electrons. The van der Waals surface area contributed by atoms with E-state index in [-0.39, 0.29) is 16.4 Å². The number of carbonyl (C=O) groups excluding carboxylic acids is 1. The lowest BCUT2D eigenvalue weighted by Crippen LogP contribution is -2.36. The summed E-state index contributed by atoms with van der Waals surface area (Å²) in [5, 5.41) is 12.3. The molecule has 0 saturated carbocycles. The van der Waals surface area contributed by atoms with Crippen molar-refractivity contribution in [1.29, 1.82) is 0 Å². The molecule has 1 atom stereocenters. The SMILES string of the molecule is Cc1cc(O)ccc1C(=O)NCC1(C)CCCS1. The van der Waals surface area contributed by atoms with Crippen molar-refractivity contribution in [2.24, 2.45) is 0 Å². The molecule has 1 heterocycles. The molecule has 18 heavy (non-hydrogen) atoms. The Morgan fingerprint density at radius 2 is 2.33 bits per heavy atom. The Morgan fingerprint density at radius 3 is 2.94 bits per heavy atom. The van der Waals surface area contributed by atoms with Gasteiger partial charge in [0.25, 0.3) is 5.91 Å². The van der Waals surface area contributed by atoms with E-state index < -0.39 is 0 Å². The zero-order valence-electron chi connectivity index (χ0n) is 10.8. The lowest BCUT2D eigenvalue weighted by Gasteiger charge is -2.23. The Balaban J connectivity index is 1.99. The summed E-state index contributed by atoms with van der Waals surface area (Å²) in [7, 11) is 0. The molecule has 1 aromatic rings. The zero-order valence-corrected chi connectivity index (χ0v) is 11.6. The monoisotopic (exact) mass is 265 g/mol. The lowest BCUT2D eigenvalue weighted by atomic mass is 10.0. The van der Waals surface area contributed by atoms with Crippen molar-refractivity contribution in [3.63, 3.8) is 0 Å². The molecule has 1 aliphatic heterocycles. The van der Waals surface area contributed by atoms with Gasteiger partial charge in [-0.25, -0.2) is 0 Å². The molecule has 4 heteroatoms. The molecule has 1 aromatic carbocycles. The number of phenolic OH excluding ortho intramolecular Hbond substituents is 1. The summed E-state index contributed by atoms with van der Waals surface area (Å²) in [5.41, 5.74) is 1.44. The van der Waals surface area contributed by atoms with E-state index in [1.165, 1.54) is 12.2 Å². The molecule has 3 nitrogen and oxygen atoms in total. The molecular weight excluding hydrogens is 246 g/mol. The van der Waals surface area contributed by atoms with Crippen molar-refractivity contribution in [3.05, 3.63) is 29.3 Å². The number of phenols is 1. The summed E-state index contributed by atoms with van der Waals surface area (Å²) in [4.78, 5) is 12.1. The number of aryl methyl sites for hydroxylation is 1. The first-order valence-electron chi connectivity index (χ1n) is 6.22. The van der Waals surface area contributed by atoms with E-state index in [2.05, 4.69) is 12.2 Å². The molecule has 0 spiro atoms. The van der Waals surface area contributed by atoms with Crippen molar-refractivity contribution in [1.82, 2.24) is 5.32 Å². The molecule has 0 bridgehead atoms. The van der Waals surface area contributed by atoms with Gasteiger partial charge >= 0.3 is 0 Å². The van der Waals surface area contributed by atoms with E-state index in [4.69, 9.17) is 0 Å². The van der Waals surface area contributed by atoms with Crippen LogP contribution in [0.5, 0.6) is 5.75 Å². The quantitative estimate of drug-likeness (QED) is 0.883. The molecule has 1 saturated heterocycles. The Hall–Kier alpha value is -1.16. The molecule has 98 valence electrons. The van der Waals surface area contributed by atoms with E-state index in [0.717, 1.165) is 12.0 Å². The summed E-state index contributed by atoms with van der Waals surface area (Å²) in [6, 6.07) is 4.83. The van der Waals surface area contributed by atoms with Crippen LogP contribution in [0.25, 0.3) is 0 Å². The van der Waals surface area contributed by atoms with Crippen LogP contribution in [0.4, 0.5) is 0 Å². The fourth-order valence-corrected chi connectivity index (χ4v) is 3.49. The number of amides is 1. The highest BCUT2D eigenvalue weighted by Crippen LogP contribution is 2.37. The predicted molar refractivity (Wildman–Crippen MR) is 75.3 cm³/mol. The van der Waals surface area contributed by atoms with Crippen LogP contribution in [0.2, 0.25) is 0 Å². The first-order chi connectivity index (χ1) is 8.50. The first kappa shape index (κ1) is 13.3. The number of rotatable bonds is 3. The van der Waals surface area contributed by atoms with Gasteiger partial charge < -0.3 is 10.4 Å². The van der Waals surface area contributed by atoms with Crippen molar-refractivity contribution in [3.8, 4) is 5.75 Å². The number of aromatic hydroxyl groups is 1. The Morgan fingerprint density at radius 1 is 1.56 bits per heavy atom. The molecule has 1 unspecified atom stereocenters. The van der Waals surface area contributed by atoms with Gasteiger partial charge in [-0.2, -0.15) is 11.8 Å². The van der Waals surface area contributed by atoms with Gasteiger partial charge in [-0.3, -0.25) is 4.79 Å². The van der Waals surface area contributed by atoms with Crippen molar-refractivity contribution in [2.75, 3.05) is 12.3 Å². The number of hydrogen-bond acceptors (Lipinski definition) is 3. The smallest absolute Gasteiger partial charge is 0.251 e. The number of carbonyl (C=O) groups is 1. The van der Waals surface area contributed by atoms with E-state index >= 15 is 0 Å². The number of nitrogens with one attached hydrogen (secondary N) is 1. The lowest BCUT2D eigenvalue weighted by molar-refractivity contribution is 0.0949. The third-order valence-corrected chi connectivity index (χ3v) is 4.92. The van der Waals surface area contributed by atoms with Gasteiger partial charge in [-0.15, -0.1) is 0 Å².